The summed E-state index contributed by atoms with van der Waals surface area (Å²) < 4.78 is 24.1. The molecule has 0 radical (unpaired) electrons. The highest BCUT2D eigenvalue weighted by Gasteiger charge is 2.48. The average molecular weight is 513 g/mol. The number of benzene rings is 3. The lowest BCUT2D eigenvalue weighted by molar-refractivity contribution is -0.959. The molecule has 8 nitrogen and oxygen atoms in total. The molecule has 194 valence electrons. The molecule has 1 N–H and O–H groups in total. The van der Waals surface area contributed by atoms with Crippen LogP contribution in [0.2, 0.25) is 0 Å². The summed E-state index contributed by atoms with van der Waals surface area (Å²) in [5, 5.41) is 16.3. The van der Waals surface area contributed by atoms with Crippen LogP contribution in [0.5, 0.6) is 17.2 Å². The number of fused-ring (bicyclic) bond motifs is 4. The Hall–Kier alpha value is -3.88. The van der Waals surface area contributed by atoms with E-state index < -0.39 is 5.60 Å². The van der Waals surface area contributed by atoms with Crippen LogP contribution in [0.25, 0.3) is 0 Å². The third-order valence-electron chi connectivity index (χ3n) is 8.32. The van der Waals surface area contributed by atoms with Crippen molar-refractivity contribution in [3.63, 3.8) is 0 Å². The molecule has 3 fully saturated rings. The normalized spacial score (nSPS) is 23.9. The van der Waals surface area contributed by atoms with Gasteiger partial charge in [-0.15, -0.1) is 0 Å². The zero-order chi connectivity index (χ0) is 25.6. The molecule has 5 heterocycles. The van der Waals surface area contributed by atoms with Gasteiger partial charge >= 0.3 is 0 Å². The molecule has 0 amide bonds. The smallest absolute Gasteiger partial charge is 0.282 e. The van der Waals surface area contributed by atoms with Crippen molar-refractivity contribution in [2.75, 3.05) is 26.4 Å². The Bertz CT molecular complexity index is 1380. The van der Waals surface area contributed by atoms with Crippen molar-refractivity contribution < 1.29 is 28.3 Å². The van der Waals surface area contributed by atoms with Crippen LogP contribution in [-0.2, 0) is 12.1 Å². The summed E-state index contributed by atoms with van der Waals surface area (Å²) in [4.78, 5) is 4.77. The van der Waals surface area contributed by atoms with Crippen LogP contribution in [0.1, 0.15) is 35.7 Å². The third-order valence-corrected chi connectivity index (χ3v) is 8.32. The molecule has 3 aromatic carbocycles. The summed E-state index contributed by atoms with van der Waals surface area (Å²) >= 11 is 0. The van der Waals surface area contributed by atoms with E-state index in [2.05, 4.69) is 5.16 Å². The summed E-state index contributed by atoms with van der Waals surface area (Å²) in [6.07, 6.45) is 2.29. The molecular formula is C30H30N3O5+. The third kappa shape index (κ3) is 4.01. The average Bonchev–Trinajstić information content (AvgIpc) is 3.64. The lowest BCUT2D eigenvalue weighted by Gasteiger charge is -2.51. The van der Waals surface area contributed by atoms with Crippen molar-refractivity contribution in [1.82, 2.24) is 10.1 Å². The predicted octanol–water partition coefficient (Wildman–Crippen LogP) is 4.27. The Kier molecular flexibility index (Phi) is 5.60. The molecule has 0 spiro atoms. The van der Waals surface area contributed by atoms with Gasteiger partial charge in [-0.3, -0.25) is 0 Å². The van der Waals surface area contributed by atoms with E-state index in [4.69, 9.17) is 23.7 Å². The van der Waals surface area contributed by atoms with Crippen molar-refractivity contribution in [3.05, 3.63) is 102 Å². The standard InChI is InChI=1S/C30H30N3O5/c34-30(22-7-3-1-4-8-22,23-9-5-2-6-10-23)29-31-28(38-32-29)19-33-15-13-21(14-16-33)27(18-33)37-24-11-12-25-26(17-24)36-20-35-25/h1-12,17,21,27,34H,13-16,18-20H2/q+1/t21?,27-,33?/m0/s1. The van der Waals surface area contributed by atoms with Gasteiger partial charge in [0.2, 0.25) is 12.6 Å². The maximum atomic E-state index is 12.0. The van der Waals surface area contributed by atoms with Crippen LogP contribution < -0.4 is 14.2 Å². The van der Waals surface area contributed by atoms with E-state index >= 15 is 0 Å². The van der Waals surface area contributed by atoms with Gasteiger partial charge in [0.05, 0.1) is 13.1 Å². The first-order valence-electron chi connectivity index (χ1n) is 13.2. The maximum Gasteiger partial charge on any atom is 0.282 e. The largest absolute Gasteiger partial charge is 0.484 e. The summed E-state index contributed by atoms with van der Waals surface area (Å²) in [6.45, 7) is 3.83. The number of nitrogens with zero attached hydrogens (tertiary/aromatic N) is 3. The van der Waals surface area contributed by atoms with Gasteiger partial charge in [0.15, 0.2) is 29.7 Å². The van der Waals surface area contributed by atoms with Crippen molar-refractivity contribution in [2.24, 2.45) is 5.92 Å². The molecule has 2 bridgehead atoms. The lowest BCUT2D eigenvalue weighted by Crippen LogP contribution is -2.64. The fourth-order valence-corrected chi connectivity index (χ4v) is 6.24. The fraction of sp³-hybridized carbons (Fsp3) is 0.333. The first-order chi connectivity index (χ1) is 18.6. The number of aromatic nitrogens is 2. The minimum Gasteiger partial charge on any atom is -0.484 e. The van der Waals surface area contributed by atoms with Gasteiger partial charge in [0.25, 0.3) is 5.89 Å². The Morgan fingerprint density at radius 1 is 0.895 bits per heavy atom. The summed E-state index contributed by atoms with van der Waals surface area (Å²) in [7, 11) is 0. The van der Waals surface area contributed by atoms with Gasteiger partial charge in [0, 0.05) is 24.8 Å². The molecular weight excluding hydrogens is 482 g/mol. The minimum atomic E-state index is -1.51. The van der Waals surface area contributed by atoms with Gasteiger partial charge in [-0.1, -0.05) is 65.8 Å². The van der Waals surface area contributed by atoms with Crippen LogP contribution >= 0.6 is 0 Å². The van der Waals surface area contributed by atoms with E-state index in [-0.39, 0.29) is 18.7 Å². The zero-order valence-electron chi connectivity index (χ0n) is 21.0. The second-order valence-electron chi connectivity index (χ2n) is 10.6. The van der Waals surface area contributed by atoms with E-state index in [1.807, 2.05) is 78.9 Å². The molecule has 0 aliphatic carbocycles. The second-order valence-corrected chi connectivity index (χ2v) is 10.6. The SMILES string of the molecule is OC(c1ccccc1)(c1ccccc1)c1noc(C[N+]23CCC(CC2)[C@@H](Oc2ccc4c(c2)OCO4)C3)n1. The quantitative estimate of drug-likeness (QED) is 0.370. The van der Waals surface area contributed by atoms with Crippen molar-refractivity contribution in [3.8, 4) is 17.2 Å². The minimum absolute atomic E-state index is 0.103. The summed E-state index contributed by atoms with van der Waals surface area (Å²) in [5.74, 6) is 3.61. The first kappa shape index (κ1) is 23.3. The maximum absolute atomic E-state index is 12.0. The number of piperidine rings is 3. The van der Waals surface area contributed by atoms with Crippen molar-refractivity contribution in [2.45, 2.75) is 31.1 Å². The van der Waals surface area contributed by atoms with E-state index in [1.165, 1.54) is 0 Å². The van der Waals surface area contributed by atoms with Crippen LogP contribution in [0.3, 0.4) is 0 Å². The van der Waals surface area contributed by atoms with Gasteiger partial charge < -0.3 is 28.3 Å². The molecule has 0 saturated carbocycles. The molecule has 38 heavy (non-hydrogen) atoms. The number of ether oxygens (including phenoxy) is 3. The first-order valence-corrected chi connectivity index (χ1v) is 13.2. The van der Waals surface area contributed by atoms with Crippen molar-refractivity contribution in [1.29, 1.82) is 0 Å². The molecule has 4 aromatic rings. The van der Waals surface area contributed by atoms with Crippen molar-refractivity contribution >= 4 is 0 Å². The zero-order valence-corrected chi connectivity index (χ0v) is 21.0. The highest BCUT2D eigenvalue weighted by atomic mass is 16.7. The second kappa shape index (κ2) is 9.15. The predicted molar refractivity (Wildman–Crippen MR) is 138 cm³/mol. The van der Waals surface area contributed by atoms with E-state index in [9.17, 15) is 5.11 Å². The molecule has 1 aromatic heterocycles. The number of quaternary nitrogens is 1. The molecule has 3 saturated heterocycles. The van der Waals surface area contributed by atoms with Crippen LogP contribution in [0, 0.1) is 5.92 Å². The molecule has 0 unspecified atom stereocenters. The van der Waals surface area contributed by atoms with Gasteiger partial charge in [0.1, 0.15) is 12.3 Å². The van der Waals surface area contributed by atoms with Gasteiger partial charge in [-0.05, 0) is 23.3 Å². The molecule has 8 heteroatoms. The van der Waals surface area contributed by atoms with Crippen LogP contribution in [0.4, 0.5) is 0 Å². The van der Waals surface area contributed by atoms with Gasteiger partial charge in [-0.25, -0.2) is 0 Å². The molecule has 4 aliphatic rings. The number of rotatable bonds is 7. The topological polar surface area (TPSA) is 86.8 Å². The Balaban J connectivity index is 1.13. The van der Waals surface area contributed by atoms with Gasteiger partial charge in [-0.2, -0.15) is 4.98 Å². The summed E-state index contributed by atoms with van der Waals surface area (Å²) in [5.41, 5.74) is -0.118. The molecule has 4 aliphatic heterocycles. The van der Waals surface area contributed by atoms with E-state index in [1.54, 1.807) is 0 Å². The molecule has 8 rings (SSSR count). The highest BCUT2D eigenvalue weighted by Crippen LogP contribution is 2.41. The van der Waals surface area contributed by atoms with E-state index in [0.717, 1.165) is 54.2 Å². The fourth-order valence-electron chi connectivity index (χ4n) is 6.24. The van der Waals surface area contributed by atoms with E-state index in [0.29, 0.717) is 29.5 Å². The Morgan fingerprint density at radius 3 is 2.29 bits per heavy atom. The number of hydrogen-bond acceptors (Lipinski definition) is 7. The lowest BCUT2D eigenvalue weighted by atomic mass is 9.83. The number of aliphatic hydroxyl groups is 1. The van der Waals surface area contributed by atoms with Crippen LogP contribution in [-0.4, -0.2) is 52.3 Å². The highest BCUT2D eigenvalue weighted by molar-refractivity contribution is 5.47. The monoisotopic (exact) mass is 512 g/mol. The Morgan fingerprint density at radius 2 is 1.58 bits per heavy atom. The summed E-state index contributed by atoms with van der Waals surface area (Å²) in [6, 6.07) is 24.8. The Labute approximate surface area is 221 Å². The molecule has 1 atom stereocenters. The number of hydrogen-bond donors (Lipinski definition) is 1. The van der Waals surface area contributed by atoms with Crippen LogP contribution in [0.15, 0.2) is 83.4 Å².